The third-order valence-electron chi connectivity index (χ3n) is 3.33. The SMILES string of the molecule is C=CCOc1c(Br)cc(/C=C2\C(=O)N(CC)C(=S)N2C)cc1Br. The Bertz CT molecular complexity index is 680. The molecule has 0 unspecified atom stereocenters. The molecule has 1 aliphatic heterocycles. The first kappa shape index (κ1) is 18.2. The Kier molecular flexibility index (Phi) is 6.00. The monoisotopic (exact) mass is 458 g/mol. The van der Waals surface area contributed by atoms with Crippen molar-refractivity contribution in [2.45, 2.75) is 6.92 Å². The lowest BCUT2D eigenvalue weighted by Gasteiger charge is -2.13. The van der Waals surface area contributed by atoms with Gasteiger partial charge in [-0.3, -0.25) is 9.69 Å². The van der Waals surface area contributed by atoms with Crippen LogP contribution in [0.15, 0.2) is 39.4 Å². The van der Waals surface area contributed by atoms with Gasteiger partial charge in [-0.1, -0.05) is 12.7 Å². The van der Waals surface area contributed by atoms with Crippen molar-refractivity contribution in [1.29, 1.82) is 0 Å². The lowest BCUT2D eigenvalue weighted by molar-refractivity contribution is -0.122. The van der Waals surface area contributed by atoms with E-state index in [9.17, 15) is 4.79 Å². The number of amides is 1. The smallest absolute Gasteiger partial charge is 0.276 e. The molecule has 1 saturated heterocycles. The summed E-state index contributed by atoms with van der Waals surface area (Å²) in [5.74, 6) is 0.614. The summed E-state index contributed by atoms with van der Waals surface area (Å²) >= 11 is 12.3. The van der Waals surface area contributed by atoms with E-state index in [-0.39, 0.29) is 5.91 Å². The highest BCUT2D eigenvalue weighted by molar-refractivity contribution is 9.11. The number of rotatable bonds is 5. The summed E-state index contributed by atoms with van der Waals surface area (Å²) in [7, 11) is 1.80. The van der Waals surface area contributed by atoms with E-state index in [4.69, 9.17) is 17.0 Å². The molecule has 7 heteroatoms. The molecule has 1 aromatic carbocycles. The average molecular weight is 460 g/mol. The first-order valence-corrected chi connectivity index (χ1v) is 8.94. The minimum Gasteiger partial charge on any atom is -0.487 e. The van der Waals surface area contributed by atoms with Crippen molar-refractivity contribution in [3.8, 4) is 5.75 Å². The second kappa shape index (κ2) is 7.59. The number of ether oxygens (including phenoxy) is 1. The molecule has 0 saturated carbocycles. The number of benzene rings is 1. The minimum atomic E-state index is -0.0840. The van der Waals surface area contributed by atoms with Crippen LogP contribution in [0.4, 0.5) is 0 Å². The van der Waals surface area contributed by atoms with E-state index >= 15 is 0 Å². The number of carbonyl (C=O) groups excluding carboxylic acids is 1. The van der Waals surface area contributed by atoms with E-state index in [0.29, 0.717) is 29.7 Å². The van der Waals surface area contributed by atoms with E-state index in [1.807, 2.05) is 25.1 Å². The van der Waals surface area contributed by atoms with Crippen molar-refractivity contribution in [3.63, 3.8) is 0 Å². The molecule has 1 amide bonds. The number of halogens is 2. The third-order valence-corrected chi connectivity index (χ3v) is 5.00. The van der Waals surface area contributed by atoms with Gasteiger partial charge in [0.05, 0.1) is 8.95 Å². The maximum absolute atomic E-state index is 12.4. The molecule has 0 radical (unpaired) electrons. The van der Waals surface area contributed by atoms with Crippen molar-refractivity contribution >= 4 is 61.2 Å². The van der Waals surface area contributed by atoms with Crippen molar-refractivity contribution in [2.24, 2.45) is 0 Å². The number of nitrogens with zero attached hydrogens (tertiary/aromatic N) is 2. The number of carbonyl (C=O) groups is 1. The molecule has 1 heterocycles. The van der Waals surface area contributed by atoms with Crippen LogP contribution in [0.25, 0.3) is 6.08 Å². The van der Waals surface area contributed by atoms with Crippen LogP contribution in [0.3, 0.4) is 0 Å². The zero-order valence-electron chi connectivity index (χ0n) is 12.8. The van der Waals surface area contributed by atoms with Gasteiger partial charge in [-0.05, 0) is 74.8 Å². The molecule has 1 aliphatic rings. The minimum absolute atomic E-state index is 0.0840. The summed E-state index contributed by atoms with van der Waals surface area (Å²) in [6.45, 7) is 6.51. The second-order valence-corrected chi connectivity index (χ2v) is 6.91. The molecule has 0 bridgehead atoms. The normalized spacial score (nSPS) is 16.4. The predicted octanol–water partition coefficient (Wildman–Crippen LogP) is 4.20. The van der Waals surface area contributed by atoms with E-state index < -0.39 is 0 Å². The Morgan fingerprint density at radius 2 is 1.96 bits per heavy atom. The molecular formula is C16H16Br2N2O2S. The topological polar surface area (TPSA) is 32.8 Å². The molecule has 0 N–H and O–H groups in total. The van der Waals surface area contributed by atoms with Gasteiger partial charge < -0.3 is 9.64 Å². The van der Waals surface area contributed by atoms with Crippen LogP contribution in [0, 0.1) is 0 Å². The Morgan fingerprint density at radius 1 is 1.35 bits per heavy atom. The van der Waals surface area contributed by atoms with Crippen LogP contribution < -0.4 is 4.74 Å². The molecular weight excluding hydrogens is 444 g/mol. The molecule has 122 valence electrons. The maximum atomic E-state index is 12.4. The molecule has 1 fully saturated rings. The standard InChI is InChI=1S/C16H16Br2N2O2S/c1-4-6-22-14-11(17)7-10(8-12(14)18)9-13-15(21)20(5-2)16(23)19(13)3/h4,7-9H,1,5-6H2,2-3H3/b13-9+. The fourth-order valence-corrected chi connectivity index (χ4v) is 3.95. The molecule has 0 atom stereocenters. The van der Waals surface area contributed by atoms with Crippen molar-refractivity contribution in [1.82, 2.24) is 9.80 Å². The maximum Gasteiger partial charge on any atom is 0.276 e. The number of hydrogen-bond donors (Lipinski definition) is 0. The summed E-state index contributed by atoms with van der Waals surface area (Å²) in [6, 6.07) is 3.80. The predicted molar refractivity (Wildman–Crippen MR) is 103 cm³/mol. The van der Waals surface area contributed by atoms with Crippen LogP contribution in [0.5, 0.6) is 5.75 Å². The van der Waals surface area contributed by atoms with E-state index in [1.165, 1.54) is 0 Å². The van der Waals surface area contributed by atoms with Crippen molar-refractivity contribution < 1.29 is 9.53 Å². The first-order chi connectivity index (χ1) is 10.9. The Morgan fingerprint density at radius 3 is 2.43 bits per heavy atom. The zero-order valence-corrected chi connectivity index (χ0v) is 16.8. The van der Waals surface area contributed by atoms with Gasteiger partial charge in [0, 0.05) is 13.6 Å². The molecule has 23 heavy (non-hydrogen) atoms. The van der Waals surface area contributed by atoms with E-state index in [2.05, 4.69) is 38.4 Å². The molecule has 1 aromatic rings. The van der Waals surface area contributed by atoms with Gasteiger partial charge in [-0.2, -0.15) is 0 Å². The highest BCUT2D eigenvalue weighted by Gasteiger charge is 2.34. The molecule has 2 rings (SSSR count). The third kappa shape index (κ3) is 3.67. The fourth-order valence-electron chi connectivity index (χ4n) is 2.19. The Balaban J connectivity index is 2.38. The Labute approximate surface area is 158 Å². The van der Waals surface area contributed by atoms with Gasteiger partial charge in [0.2, 0.25) is 0 Å². The van der Waals surface area contributed by atoms with Crippen LogP contribution in [0.2, 0.25) is 0 Å². The van der Waals surface area contributed by atoms with Gasteiger partial charge in [0.25, 0.3) is 5.91 Å². The van der Waals surface area contributed by atoms with Gasteiger partial charge >= 0.3 is 0 Å². The van der Waals surface area contributed by atoms with Gasteiger partial charge in [-0.15, -0.1) is 0 Å². The number of likely N-dealkylation sites (N-methyl/N-ethyl adjacent to an activating group) is 2. The summed E-state index contributed by atoms with van der Waals surface area (Å²) in [5, 5.41) is 0.521. The lowest BCUT2D eigenvalue weighted by atomic mass is 10.1. The largest absolute Gasteiger partial charge is 0.487 e. The van der Waals surface area contributed by atoms with Crippen LogP contribution in [-0.2, 0) is 4.79 Å². The zero-order chi connectivity index (χ0) is 17.1. The fraction of sp³-hybridized carbons (Fsp3) is 0.250. The molecule has 0 spiro atoms. The van der Waals surface area contributed by atoms with Gasteiger partial charge in [-0.25, -0.2) is 0 Å². The quantitative estimate of drug-likeness (QED) is 0.375. The lowest BCUT2D eigenvalue weighted by Crippen LogP contribution is -2.30. The van der Waals surface area contributed by atoms with Crippen LogP contribution in [0.1, 0.15) is 12.5 Å². The van der Waals surface area contributed by atoms with Crippen molar-refractivity contribution in [3.05, 3.63) is 45.0 Å². The highest BCUT2D eigenvalue weighted by atomic mass is 79.9. The summed E-state index contributed by atoms with van der Waals surface area (Å²) in [5.41, 5.74) is 1.42. The van der Waals surface area contributed by atoms with E-state index in [0.717, 1.165) is 14.5 Å². The highest BCUT2D eigenvalue weighted by Crippen LogP contribution is 2.36. The van der Waals surface area contributed by atoms with Gasteiger partial charge in [0.1, 0.15) is 18.1 Å². The Hall–Kier alpha value is -1.18. The second-order valence-electron chi connectivity index (χ2n) is 4.83. The summed E-state index contributed by atoms with van der Waals surface area (Å²) < 4.78 is 7.19. The van der Waals surface area contributed by atoms with Crippen molar-refractivity contribution in [2.75, 3.05) is 20.2 Å². The van der Waals surface area contributed by atoms with E-state index in [1.54, 1.807) is 22.9 Å². The summed E-state index contributed by atoms with van der Waals surface area (Å²) in [6.07, 6.45) is 3.50. The molecule has 0 aromatic heterocycles. The molecule has 4 nitrogen and oxygen atoms in total. The first-order valence-electron chi connectivity index (χ1n) is 6.94. The van der Waals surface area contributed by atoms with Crippen LogP contribution in [-0.4, -0.2) is 41.0 Å². The average Bonchev–Trinajstić information content (AvgIpc) is 2.70. The summed E-state index contributed by atoms with van der Waals surface area (Å²) in [4.78, 5) is 15.7. The number of thiocarbonyl (C=S) groups is 1. The molecule has 0 aliphatic carbocycles. The number of hydrogen-bond acceptors (Lipinski definition) is 3. The van der Waals surface area contributed by atoms with Gasteiger partial charge in [0.15, 0.2) is 5.11 Å². The van der Waals surface area contributed by atoms with Crippen LogP contribution >= 0.6 is 44.1 Å².